The molecule has 0 bridgehead atoms. The number of fused-ring (bicyclic) bond motifs is 1. The summed E-state index contributed by atoms with van der Waals surface area (Å²) >= 11 is 0. The molecule has 4 heterocycles. The van der Waals surface area contributed by atoms with Crippen LogP contribution in [0, 0.1) is 6.92 Å². The van der Waals surface area contributed by atoms with Crippen molar-refractivity contribution in [1.82, 2.24) is 29.5 Å². The lowest BCUT2D eigenvalue weighted by molar-refractivity contribution is 0.0596. The molecule has 4 rings (SSSR count). The average Bonchev–Trinajstić information content (AvgIpc) is 3.02. The van der Waals surface area contributed by atoms with Crippen LogP contribution in [0.5, 0.6) is 0 Å². The van der Waals surface area contributed by atoms with Gasteiger partial charge in [-0.05, 0) is 32.3 Å². The average molecular weight is 322 g/mol. The minimum absolute atomic E-state index is 0.0296. The molecule has 0 N–H and O–H groups in total. The molecule has 0 aliphatic carbocycles. The molecule has 1 atom stereocenters. The van der Waals surface area contributed by atoms with Crippen molar-refractivity contribution in [3.63, 3.8) is 0 Å². The third-order valence-electron chi connectivity index (χ3n) is 4.40. The number of hydrogen-bond donors (Lipinski definition) is 0. The Bertz CT molecular complexity index is 875. The van der Waals surface area contributed by atoms with E-state index in [1.165, 1.54) is 6.20 Å². The van der Waals surface area contributed by atoms with Crippen LogP contribution in [0.15, 0.2) is 36.9 Å². The highest BCUT2D eigenvalue weighted by Crippen LogP contribution is 2.31. The van der Waals surface area contributed by atoms with Crippen LogP contribution in [0.1, 0.15) is 47.2 Å². The van der Waals surface area contributed by atoms with Gasteiger partial charge in [-0.15, -0.1) is 0 Å². The van der Waals surface area contributed by atoms with Crippen LogP contribution < -0.4 is 0 Å². The zero-order valence-corrected chi connectivity index (χ0v) is 13.5. The molecule has 7 nitrogen and oxygen atoms in total. The van der Waals surface area contributed by atoms with Crippen molar-refractivity contribution < 1.29 is 4.79 Å². The summed E-state index contributed by atoms with van der Waals surface area (Å²) in [4.78, 5) is 27.3. The van der Waals surface area contributed by atoms with Crippen LogP contribution in [0.4, 0.5) is 0 Å². The molecule has 0 unspecified atom stereocenters. The van der Waals surface area contributed by atoms with Gasteiger partial charge >= 0.3 is 0 Å². The number of nitrogens with zero attached hydrogens (tertiary/aromatic N) is 6. The quantitative estimate of drug-likeness (QED) is 0.723. The molecule has 1 fully saturated rings. The Morgan fingerprint density at radius 1 is 1.21 bits per heavy atom. The Balaban J connectivity index is 1.75. The fourth-order valence-corrected chi connectivity index (χ4v) is 3.32. The van der Waals surface area contributed by atoms with E-state index in [9.17, 15) is 4.79 Å². The van der Waals surface area contributed by atoms with Gasteiger partial charge < -0.3 is 4.90 Å². The molecule has 3 aromatic heterocycles. The molecule has 1 saturated heterocycles. The normalized spacial score (nSPS) is 18.0. The first-order valence-electron chi connectivity index (χ1n) is 8.12. The van der Waals surface area contributed by atoms with Crippen LogP contribution in [0.25, 0.3) is 5.65 Å². The first-order valence-corrected chi connectivity index (χ1v) is 8.12. The number of amides is 1. The smallest absolute Gasteiger partial charge is 0.274 e. The van der Waals surface area contributed by atoms with Crippen molar-refractivity contribution >= 4 is 11.6 Å². The van der Waals surface area contributed by atoms with Gasteiger partial charge in [-0.25, -0.2) is 14.5 Å². The van der Waals surface area contributed by atoms with Crippen molar-refractivity contribution in [3.8, 4) is 0 Å². The van der Waals surface area contributed by atoms with Gasteiger partial charge in [-0.1, -0.05) is 0 Å². The minimum atomic E-state index is -0.0818. The summed E-state index contributed by atoms with van der Waals surface area (Å²) in [6, 6.07) is 3.87. The van der Waals surface area contributed by atoms with E-state index in [0.717, 1.165) is 36.3 Å². The van der Waals surface area contributed by atoms with E-state index in [2.05, 4.69) is 20.1 Å². The lowest BCUT2D eigenvalue weighted by atomic mass is 9.98. The van der Waals surface area contributed by atoms with Crippen molar-refractivity contribution in [2.45, 2.75) is 32.2 Å². The van der Waals surface area contributed by atoms with Crippen LogP contribution >= 0.6 is 0 Å². The van der Waals surface area contributed by atoms with Crippen LogP contribution in [-0.2, 0) is 0 Å². The van der Waals surface area contributed by atoms with E-state index in [1.807, 2.05) is 28.5 Å². The Morgan fingerprint density at radius 2 is 2.12 bits per heavy atom. The Morgan fingerprint density at radius 3 is 2.96 bits per heavy atom. The topological polar surface area (TPSA) is 76.3 Å². The van der Waals surface area contributed by atoms with Crippen molar-refractivity contribution in [3.05, 3.63) is 54.0 Å². The molecule has 0 radical (unpaired) electrons. The van der Waals surface area contributed by atoms with E-state index >= 15 is 0 Å². The molecule has 7 heteroatoms. The maximum absolute atomic E-state index is 12.9. The molecule has 24 heavy (non-hydrogen) atoms. The lowest BCUT2D eigenvalue weighted by Crippen LogP contribution is -2.39. The van der Waals surface area contributed by atoms with Gasteiger partial charge in [-0.3, -0.25) is 9.78 Å². The number of carbonyl (C=O) groups is 1. The molecule has 1 amide bonds. The second-order valence-corrected chi connectivity index (χ2v) is 6.03. The van der Waals surface area contributed by atoms with E-state index in [-0.39, 0.29) is 11.9 Å². The molecule has 0 saturated carbocycles. The monoisotopic (exact) mass is 322 g/mol. The summed E-state index contributed by atoms with van der Waals surface area (Å²) in [6.07, 6.45) is 9.41. The summed E-state index contributed by atoms with van der Waals surface area (Å²) < 4.78 is 1.85. The van der Waals surface area contributed by atoms with Gasteiger partial charge in [0, 0.05) is 31.2 Å². The number of piperidine rings is 1. The van der Waals surface area contributed by atoms with Gasteiger partial charge in [-0.2, -0.15) is 5.10 Å². The molecule has 1 aliphatic rings. The predicted molar refractivity (Wildman–Crippen MR) is 87.4 cm³/mol. The SMILES string of the molecule is Cc1cc2nccc([C@H]3CCCCN3C(=O)c3cnccn3)n2n1. The third-order valence-corrected chi connectivity index (χ3v) is 4.40. The van der Waals surface area contributed by atoms with E-state index < -0.39 is 0 Å². The first-order chi connectivity index (χ1) is 11.7. The van der Waals surface area contributed by atoms with Crippen LogP contribution in [-0.4, -0.2) is 41.9 Å². The first kappa shape index (κ1) is 14.7. The van der Waals surface area contributed by atoms with E-state index in [1.54, 1.807) is 18.6 Å². The predicted octanol–water partition coefficient (Wildman–Crippen LogP) is 2.20. The second kappa shape index (κ2) is 5.99. The fourth-order valence-electron chi connectivity index (χ4n) is 3.32. The zero-order chi connectivity index (χ0) is 16.5. The van der Waals surface area contributed by atoms with Crippen molar-refractivity contribution in [2.75, 3.05) is 6.54 Å². The van der Waals surface area contributed by atoms with Gasteiger partial charge in [0.1, 0.15) is 5.69 Å². The largest absolute Gasteiger partial charge is 0.329 e. The maximum atomic E-state index is 12.9. The molecular formula is C17H18N6O. The number of aryl methyl sites for hydroxylation is 1. The summed E-state index contributed by atoms with van der Waals surface area (Å²) in [7, 11) is 0. The van der Waals surface area contributed by atoms with Crippen molar-refractivity contribution in [1.29, 1.82) is 0 Å². The molecule has 0 spiro atoms. The fraction of sp³-hybridized carbons (Fsp3) is 0.353. The molecule has 1 aliphatic heterocycles. The Labute approximate surface area is 139 Å². The van der Waals surface area contributed by atoms with Crippen LogP contribution in [0.3, 0.4) is 0 Å². The van der Waals surface area contributed by atoms with E-state index in [0.29, 0.717) is 12.2 Å². The highest BCUT2D eigenvalue weighted by molar-refractivity contribution is 5.92. The third kappa shape index (κ3) is 2.51. The summed E-state index contributed by atoms with van der Waals surface area (Å²) in [5, 5.41) is 4.54. The van der Waals surface area contributed by atoms with Crippen molar-refractivity contribution in [2.24, 2.45) is 0 Å². The summed E-state index contributed by atoms with van der Waals surface area (Å²) in [5.74, 6) is -0.0818. The Hall–Kier alpha value is -2.83. The maximum Gasteiger partial charge on any atom is 0.274 e. The molecule has 0 aromatic carbocycles. The zero-order valence-electron chi connectivity index (χ0n) is 13.5. The Kier molecular flexibility index (Phi) is 3.68. The number of aromatic nitrogens is 5. The number of rotatable bonds is 2. The number of hydrogen-bond acceptors (Lipinski definition) is 5. The van der Waals surface area contributed by atoms with E-state index in [4.69, 9.17) is 0 Å². The van der Waals surface area contributed by atoms with Gasteiger partial charge in [0.2, 0.25) is 0 Å². The van der Waals surface area contributed by atoms with Gasteiger partial charge in [0.25, 0.3) is 5.91 Å². The molecule has 122 valence electrons. The minimum Gasteiger partial charge on any atom is -0.329 e. The standard InChI is InChI=1S/C17H18N6O/c1-12-10-16-20-6-5-15(23(16)21-12)14-4-2-3-9-22(14)17(24)13-11-18-7-8-19-13/h5-8,10-11,14H,2-4,9H2,1H3/t14-/m1/s1. The van der Waals surface area contributed by atoms with Crippen LogP contribution in [0.2, 0.25) is 0 Å². The lowest BCUT2D eigenvalue weighted by Gasteiger charge is -2.35. The molecular weight excluding hydrogens is 304 g/mol. The molecule has 3 aromatic rings. The van der Waals surface area contributed by atoms with Gasteiger partial charge in [0.05, 0.1) is 23.6 Å². The summed E-state index contributed by atoms with van der Waals surface area (Å²) in [5.41, 5.74) is 3.09. The summed E-state index contributed by atoms with van der Waals surface area (Å²) in [6.45, 7) is 2.66. The number of likely N-dealkylation sites (tertiary alicyclic amines) is 1. The highest BCUT2D eigenvalue weighted by atomic mass is 16.2. The second-order valence-electron chi connectivity index (χ2n) is 6.03. The highest BCUT2D eigenvalue weighted by Gasteiger charge is 2.31. The van der Waals surface area contributed by atoms with Gasteiger partial charge in [0.15, 0.2) is 5.65 Å². The number of carbonyl (C=O) groups excluding carboxylic acids is 1.